The van der Waals surface area contributed by atoms with Gasteiger partial charge in [-0.05, 0) is 37.0 Å². The maximum atomic E-state index is 6.12. The van der Waals surface area contributed by atoms with Crippen LogP contribution in [0.4, 0.5) is 0 Å². The Balaban J connectivity index is 1.72. The molecule has 0 amide bonds. The van der Waals surface area contributed by atoms with E-state index in [1.165, 1.54) is 0 Å². The highest BCUT2D eigenvalue weighted by molar-refractivity contribution is 5.29. The van der Waals surface area contributed by atoms with Crippen LogP contribution in [0.2, 0.25) is 0 Å². The van der Waals surface area contributed by atoms with E-state index in [2.05, 4.69) is 6.92 Å². The van der Waals surface area contributed by atoms with Crippen molar-refractivity contribution in [2.45, 2.75) is 38.3 Å². The Morgan fingerprint density at radius 3 is 2.80 bits per heavy atom. The summed E-state index contributed by atoms with van der Waals surface area (Å²) in [7, 11) is 0. The summed E-state index contributed by atoms with van der Waals surface area (Å²) in [5.74, 6) is 0.892. The molecule has 112 valence electrons. The molecule has 0 aromatic heterocycles. The second-order valence-electron chi connectivity index (χ2n) is 5.20. The molecule has 1 fully saturated rings. The highest BCUT2D eigenvalue weighted by Gasteiger charge is 2.16. The summed E-state index contributed by atoms with van der Waals surface area (Å²) in [6, 6.07) is 7.84. The Bertz CT molecular complexity index is 374. The Morgan fingerprint density at radius 2 is 2.15 bits per heavy atom. The molecule has 2 unspecified atom stereocenters. The monoisotopic (exact) mass is 279 g/mol. The Morgan fingerprint density at radius 1 is 1.35 bits per heavy atom. The molecule has 0 bridgehead atoms. The van der Waals surface area contributed by atoms with E-state index >= 15 is 0 Å². The Kier molecular flexibility index (Phi) is 6.30. The standard InChI is InChI=1S/C16H25NO3/c1-2-9-19-14-7-5-13(6-8-14)16(17)12-18-11-15-4-3-10-20-15/h5-8,15-16H,2-4,9-12,17H2,1H3. The predicted molar refractivity (Wildman–Crippen MR) is 78.9 cm³/mol. The van der Waals surface area contributed by atoms with Gasteiger partial charge in [0.1, 0.15) is 5.75 Å². The molecular weight excluding hydrogens is 254 g/mol. The van der Waals surface area contributed by atoms with Gasteiger partial charge in [0.05, 0.1) is 32.0 Å². The highest BCUT2D eigenvalue weighted by Crippen LogP contribution is 2.18. The number of benzene rings is 1. The van der Waals surface area contributed by atoms with Crippen LogP contribution in [-0.2, 0) is 9.47 Å². The van der Waals surface area contributed by atoms with E-state index in [1.54, 1.807) is 0 Å². The van der Waals surface area contributed by atoms with E-state index in [9.17, 15) is 0 Å². The molecule has 1 aromatic rings. The van der Waals surface area contributed by atoms with E-state index in [0.717, 1.165) is 43.8 Å². The first-order valence-corrected chi connectivity index (χ1v) is 7.47. The van der Waals surface area contributed by atoms with Gasteiger partial charge in [-0.15, -0.1) is 0 Å². The third-order valence-electron chi connectivity index (χ3n) is 3.41. The van der Waals surface area contributed by atoms with Gasteiger partial charge >= 0.3 is 0 Å². The lowest BCUT2D eigenvalue weighted by atomic mass is 10.1. The topological polar surface area (TPSA) is 53.7 Å². The van der Waals surface area contributed by atoms with Gasteiger partial charge < -0.3 is 19.9 Å². The van der Waals surface area contributed by atoms with Gasteiger partial charge in [-0.3, -0.25) is 0 Å². The third-order valence-corrected chi connectivity index (χ3v) is 3.41. The van der Waals surface area contributed by atoms with E-state index in [1.807, 2.05) is 24.3 Å². The maximum Gasteiger partial charge on any atom is 0.119 e. The fourth-order valence-electron chi connectivity index (χ4n) is 2.23. The van der Waals surface area contributed by atoms with Crippen LogP contribution in [0.5, 0.6) is 5.75 Å². The summed E-state index contributed by atoms with van der Waals surface area (Å²) in [6.07, 6.45) is 3.50. The number of hydrogen-bond acceptors (Lipinski definition) is 4. The van der Waals surface area contributed by atoms with E-state index < -0.39 is 0 Å². The van der Waals surface area contributed by atoms with Gasteiger partial charge in [0.2, 0.25) is 0 Å². The molecule has 0 aliphatic carbocycles. The summed E-state index contributed by atoms with van der Waals surface area (Å²) in [5, 5.41) is 0. The number of ether oxygens (including phenoxy) is 3. The smallest absolute Gasteiger partial charge is 0.119 e. The van der Waals surface area contributed by atoms with Crippen molar-refractivity contribution in [2.24, 2.45) is 5.73 Å². The van der Waals surface area contributed by atoms with Crippen molar-refractivity contribution in [3.63, 3.8) is 0 Å². The van der Waals surface area contributed by atoms with E-state index in [-0.39, 0.29) is 12.1 Å². The molecule has 1 saturated heterocycles. The average Bonchev–Trinajstić information content (AvgIpc) is 2.99. The van der Waals surface area contributed by atoms with E-state index in [0.29, 0.717) is 13.2 Å². The average molecular weight is 279 g/mol. The van der Waals surface area contributed by atoms with Crippen LogP contribution in [0.1, 0.15) is 37.8 Å². The van der Waals surface area contributed by atoms with Crippen LogP contribution in [0.25, 0.3) is 0 Å². The second-order valence-corrected chi connectivity index (χ2v) is 5.20. The molecule has 2 rings (SSSR count). The van der Waals surface area contributed by atoms with Crippen molar-refractivity contribution in [3.05, 3.63) is 29.8 Å². The lowest BCUT2D eigenvalue weighted by molar-refractivity contribution is 0.0129. The van der Waals surface area contributed by atoms with Crippen LogP contribution in [0.3, 0.4) is 0 Å². The molecule has 0 radical (unpaired) electrons. The summed E-state index contributed by atoms with van der Waals surface area (Å²) in [6.45, 7) is 4.87. The van der Waals surface area contributed by atoms with Crippen molar-refractivity contribution >= 4 is 0 Å². The zero-order chi connectivity index (χ0) is 14.2. The zero-order valence-corrected chi connectivity index (χ0v) is 12.2. The minimum atomic E-state index is -0.100. The molecule has 2 N–H and O–H groups in total. The van der Waals surface area contributed by atoms with Crippen LogP contribution < -0.4 is 10.5 Å². The molecule has 1 aliphatic rings. The number of hydrogen-bond donors (Lipinski definition) is 1. The maximum absolute atomic E-state index is 6.12. The summed E-state index contributed by atoms with van der Waals surface area (Å²) in [4.78, 5) is 0. The van der Waals surface area contributed by atoms with Crippen molar-refractivity contribution in [3.8, 4) is 5.75 Å². The fraction of sp³-hybridized carbons (Fsp3) is 0.625. The molecule has 1 aromatic carbocycles. The molecule has 4 nitrogen and oxygen atoms in total. The van der Waals surface area contributed by atoms with Gasteiger partial charge in [-0.25, -0.2) is 0 Å². The first kappa shape index (κ1) is 15.3. The third kappa shape index (κ3) is 4.78. The Hall–Kier alpha value is -1.10. The zero-order valence-electron chi connectivity index (χ0n) is 12.2. The van der Waals surface area contributed by atoms with Crippen LogP contribution >= 0.6 is 0 Å². The lowest BCUT2D eigenvalue weighted by Gasteiger charge is -2.15. The van der Waals surface area contributed by atoms with Crippen molar-refractivity contribution < 1.29 is 14.2 Å². The second kappa shape index (κ2) is 8.25. The quantitative estimate of drug-likeness (QED) is 0.795. The summed E-state index contributed by atoms with van der Waals surface area (Å²) >= 11 is 0. The molecule has 2 atom stereocenters. The molecule has 0 saturated carbocycles. The minimum Gasteiger partial charge on any atom is -0.494 e. The minimum absolute atomic E-state index is 0.100. The predicted octanol–water partition coefficient (Wildman–Crippen LogP) is 2.67. The van der Waals surface area contributed by atoms with Gasteiger partial charge in [0.15, 0.2) is 0 Å². The first-order chi connectivity index (χ1) is 9.79. The van der Waals surface area contributed by atoms with Crippen LogP contribution in [0, 0.1) is 0 Å². The number of rotatable bonds is 8. The van der Waals surface area contributed by atoms with Gasteiger partial charge in [0.25, 0.3) is 0 Å². The first-order valence-electron chi connectivity index (χ1n) is 7.47. The normalized spacial score (nSPS) is 20.0. The molecule has 1 aliphatic heterocycles. The highest BCUT2D eigenvalue weighted by atomic mass is 16.5. The van der Waals surface area contributed by atoms with Gasteiger partial charge in [-0.2, -0.15) is 0 Å². The van der Waals surface area contributed by atoms with Crippen LogP contribution in [0.15, 0.2) is 24.3 Å². The van der Waals surface area contributed by atoms with Crippen molar-refractivity contribution in [1.82, 2.24) is 0 Å². The summed E-state index contributed by atoms with van der Waals surface area (Å²) < 4.78 is 16.7. The fourth-order valence-corrected chi connectivity index (χ4v) is 2.23. The molecule has 20 heavy (non-hydrogen) atoms. The van der Waals surface area contributed by atoms with Gasteiger partial charge in [0, 0.05) is 6.61 Å². The molecule has 1 heterocycles. The lowest BCUT2D eigenvalue weighted by Crippen LogP contribution is -2.21. The SMILES string of the molecule is CCCOc1ccc(C(N)COCC2CCCO2)cc1. The number of nitrogens with two attached hydrogens (primary N) is 1. The molecule has 0 spiro atoms. The molecular formula is C16H25NO3. The van der Waals surface area contributed by atoms with E-state index in [4.69, 9.17) is 19.9 Å². The molecule has 4 heteroatoms. The van der Waals surface area contributed by atoms with Crippen molar-refractivity contribution in [2.75, 3.05) is 26.4 Å². The Labute approximate surface area is 121 Å². The van der Waals surface area contributed by atoms with Crippen molar-refractivity contribution in [1.29, 1.82) is 0 Å². The van der Waals surface area contributed by atoms with Gasteiger partial charge in [-0.1, -0.05) is 19.1 Å². The summed E-state index contributed by atoms with van der Waals surface area (Å²) in [5.41, 5.74) is 7.19. The largest absolute Gasteiger partial charge is 0.494 e. The van der Waals surface area contributed by atoms with Crippen LogP contribution in [-0.4, -0.2) is 32.5 Å².